The van der Waals surface area contributed by atoms with E-state index >= 15 is 0 Å². The van der Waals surface area contributed by atoms with Crippen LogP contribution in [0.1, 0.15) is 45.2 Å². The van der Waals surface area contributed by atoms with Crippen LogP contribution >= 0.6 is 0 Å². The summed E-state index contributed by atoms with van der Waals surface area (Å²) in [4.78, 5) is 27.8. The van der Waals surface area contributed by atoms with Gasteiger partial charge in [0.15, 0.2) is 11.5 Å². The van der Waals surface area contributed by atoms with Crippen LogP contribution in [0.3, 0.4) is 0 Å². The van der Waals surface area contributed by atoms with Gasteiger partial charge in [0.25, 0.3) is 0 Å². The number of aryl methyl sites for hydroxylation is 1. The quantitative estimate of drug-likeness (QED) is 0.658. The summed E-state index contributed by atoms with van der Waals surface area (Å²) >= 11 is 0. The van der Waals surface area contributed by atoms with Gasteiger partial charge in [-0.3, -0.25) is 9.59 Å². The SMILES string of the molecule is COc1ccc(CN(C(=O)CCc2ccc3c(c2)OCCO3)[C@H](C)C(=O)NC(C)(C)C)cc1. The highest BCUT2D eigenvalue weighted by molar-refractivity contribution is 5.87. The third-order valence-corrected chi connectivity index (χ3v) is 5.41. The molecule has 178 valence electrons. The molecular formula is C26H34N2O5. The molecule has 33 heavy (non-hydrogen) atoms. The van der Waals surface area contributed by atoms with E-state index in [0.29, 0.717) is 31.9 Å². The Hall–Kier alpha value is -3.22. The van der Waals surface area contributed by atoms with Crippen LogP contribution < -0.4 is 19.5 Å². The largest absolute Gasteiger partial charge is 0.497 e. The maximum Gasteiger partial charge on any atom is 0.242 e. The highest BCUT2D eigenvalue weighted by Gasteiger charge is 2.28. The van der Waals surface area contributed by atoms with Crippen LogP contribution in [0.15, 0.2) is 42.5 Å². The first-order valence-electron chi connectivity index (χ1n) is 11.3. The van der Waals surface area contributed by atoms with Gasteiger partial charge in [0, 0.05) is 18.5 Å². The van der Waals surface area contributed by atoms with Gasteiger partial charge in [-0.15, -0.1) is 0 Å². The lowest BCUT2D eigenvalue weighted by atomic mass is 10.1. The van der Waals surface area contributed by atoms with Crippen LogP contribution in [0.2, 0.25) is 0 Å². The summed E-state index contributed by atoms with van der Waals surface area (Å²) < 4.78 is 16.4. The van der Waals surface area contributed by atoms with Gasteiger partial charge in [0.2, 0.25) is 11.8 Å². The third kappa shape index (κ3) is 6.88. The molecule has 0 aliphatic carbocycles. The second-order valence-corrected chi connectivity index (χ2v) is 9.26. The molecule has 2 aromatic carbocycles. The number of methoxy groups -OCH3 is 1. The second-order valence-electron chi connectivity index (χ2n) is 9.26. The van der Waals surface area contributed by atoms with E-state index in [2.05, 4.69) is 5.32 Å². The first-order valence-corrected chi connectivity index (χ1v) is 11.3. The summed E-state index contributed by atoms with van der Waals surface area (Å²) in [5.74, 6) is 1.92. The Bertz CT molecular complexity index is 966. The first-order chi connectivity index (χ1) is 15.7. The number of amides is 2. The molecule has 1 atom stereocenters. The minimum absolute atomic E-state index is 0.0859. The van der Waals surface area contributed by atoms with E-state index in [9.17, 15) is 9.59 Å². The summed E-state index contributed by atoms with van der Waals surface area (Å²) in [5, 5.41) is 2.98. The Morgan fingerprint density at radius 1 is 1.03 bits per heavy atom. The van der Waals surface area contributed by atoms with Crippen molar-refractivity contribution in [2.24, 2.45) is 0 Å². The number of nitrogens with zero attached hydrogens (tertiary/aromatic N) is 1. The summed E-state index contributed by atoms with van der Waals surface area (Å²) in [6.07, 6.45) is 0.825. The van der Waals surface area contributed by atoms with Gasteiger partial charge in [-0.2, -0.15) is 0 Å². The summed E-state index contributed by atoms with van der Waals surface area (Å²) in [6, 6.07) is 12.7. The zero-order valence-electron chi connectivity index (χ0n) is 20.1. The normalized spacial score (nSPS) is 13.7. The van der Waals surface area contributed by atoms with Crippen molar-refractivity contribution in [1.82, 2.24) is 10.2 Å². The maximum atomic E-state index is 13.3. The fourth-order valence-electron chi connectivity index (χ4n) is 3.62. The number of fused-ring (bicyclic) bond motifs is 1. The van der Waals surface area contributed by atoms with Crippen LogP contribution in [-0.4, -0.2) is 48.6 Å². The molecular weight excluding hydrogens is 420 g/mol. The molecule has 1 aliphatic rings. The highest BCUT2D eigenvalue weighted by atomic mass is 16.6. The molecule has 0 spiro atoms. The minimum Gasteiger partial charge on any atom is -0.497 e. The molecule has 0 aromatic heterocycles. The lowest BCUT2D eigenvalue weighted by Crippen LogP contribution is -2.52. The molecule has 3 rings (SSSR count). The van der Waals surface area contributed by atoms with Gasteiger partial charge in [-0.25, -0.2) is 0 Å². The average molecular weight is 455 g/mol. The predicted octanol–water partition coefficient (Wildman–Crippen LogP) is 3.73. The van der Waals surface area contributed by atoms with E-state index in [1.165, 1.54) is 0 Å². The van der Waals surface area contributed by atoms with Crippen LogP contribution in [0.25, 0.3) is 0 Å². The van der Waals surface area contributed by atoms with Crippen molar-refractivity contribution in [3.8, 4) is 17.2 Å². The Morgan fingerprint density at radius 3 is 2.30 bits per heavy atom. The number of hydrogen-bond donors (Lipinski definition) is 1. The lowest BCUT2D eigenvalue weighted by molar-refractivity contribution is -0.141. The van der Waals surface area contributed by atoms with Crippen molar-refractivity contribution in [2.45, 2.75) is 58.7 Å². The van der Waals surface area contributed by atoms with Crippen molar-refractivity contribution in [3.63, 3.8) is 0 Å². The number of ether oxygens (including phenoxy) is 3. The lowest BCUT2D eigenvalue weighted by Gasteiger charge is -2.31. The van der Waals surface area contributed by atoms with E-state index in [-0.39, 0.29) is 23.8 Å². The van der Waals surface area contributed by atoms with Crippen LogP contribution in [0.4, 0.5) is 0 Å². The van der Waals surface area contributed by atoms with Crippen molar-refractivity contribution >= 4 is 11.8 Å². The minimum atomic E-state index is -0.612. The summed E-state index contributed by atoms with van der Waals surface area (Å²) in [5.41, 5.74) is 1.54. The Morgan fingerprint density at radius 2 is 1.67 bits per heavy atom. The highest BCUT2D eigenvalue weighted by Crippen LogP contribution is 2.31. The van der Waals surface area contributed by atoms with Crippen LogP contribution in [0, 0.1) is 0 Å². The predicted molar refractivity (Wildman–Crippen MR) is 127 cm³/mol. The number of carbonyl (C=O) groups excluding carboxylic acids is 2. The van der Waals surface area contributed by atoms with E-state index in [1.807, 2.05) is 63.2 Å². The maximum absolute atomic E-state index is 13.3. The van der Waals surface area contributed by atoms with Crippen molar-refractivity contribution in [3.05, 3.63) is 53.6 Å². The molecule has 0 saturated heterocycles. The standard InChI is InChI=1S/C26H34N2O5/c1-18(25(30)27-26(2,3)4)28(17-20-6-10-21(31-5)11-7-20)24(29)13-9-19-8-12-22-23(16-19)33-15-14-32-22/h6-8,10-12,16,18H,9,13-15,17H2,1-5H3,(H,27,30)/t18-/m1/s1. The van der Waals surface area contributed by atoms with Crippen LogP contribution in [-0.2, 0) is 22.6 Å². The molecule has 0 bridgehead atoms. The molecule has 0 fully saturated rings. The monoisotopic (exact) mass is 454 g/mol. The number of hydrogen-bond acceptors (Lipinski definition) is 5. The van der Waals surface area contributed by atoms with Gasteiger partial charge in [0.05, 0.1) is 7.11 Å². The molecule has 1 aliphatic heterocycles. The topological polar surface area (TPSA) is 77.1 Å². The fraction of sp³-hybridized carbons (Fsp3) is 0.462. The first kappa shape index (κ1) is 24.4. The van der Waals surface area contributed by atoms with Crippen LogP contribution in [0.5, 0.6) is 17.2 Å². The van der Waals surface area contributed by atoms with Gasteiger partial charge in [0.1, 0.15) is 25.0 Å². The Kier molecular flexibility index (Phi) is 7.84. The van der Waals surface area contributed by atoms with E-state index in [0.717, 1.165) is 22.6 Å². The summed E-state index contributed by atoms with van der Waals surface area (Å²) in [6.45, 7) is 8.94. The van der Waals surface area contributed by atoms with Gasteiger partial charge in [-0.1, -0.05) is 18.2 Å². The molecule has 0 radical (unpaired) electrons. The fourth-order valence-corrected chi connectivity index (χ4v) is 3.62. The molecule has 7 nitrogen and oxygen atoms in total. The van der Waals surface area contributed by atoms with Gasteiger partial charge >= 0.3 is 0 Å². The average Bonchev–Trinajstić information content (AvgIpc) is 2.79. The molecule has 1 N–H and O–H groups in total. The number of carbonyl (C=O) groups is 2. The zero-order chi connectivity index (χ0) is 24.0. The molecule has 2 aromatic rings. The van der Waals surface area contributed by atoms with Crippen molar-refractivity contribution in [2.75, 3.05) is 20.3 Å². The Balaban J connectivity index is 1.73. The molecule has 2 amide bonds. The zero-order valence-corrected chi connectivity index (χ0v) is 20.1. The van der Waals surface area contributed by atoms with Crippen molar-refractivity contribution in [1.29, 1.82) is 0 Å². The van der Waals surface area contributed by atoms with E-state index in [4.69, 9.17) is 14.2 Å². The van der Waals surface area contributed by atoms with E-state index in [1.54, 1.807) is 18.9 Å². The summed E-state index contributed by atoms with van der Waals surface area (Å²) in [7, 11) is 1.61. The number of rotatable bonds is 8. The Labute approximate surface area is 196 Å². The number of nitrogens with one attached hydrogen (secondary N) is 1. The van der Waals surface area contributed by atoms with Gasteiger partial charge in [-0.05, 0) is 69.5 Å². The molecule has 0 saturated carbocycles. The smallest absolute Gasteiger partial charge is 0.242 e. The van der Waals surface area contributed by atoms with Crippen molar-refractivity contribution < 1.29 is 23.8 Å². The number of benzene rings is 2. The second kappa shape index (κ2) is 10.6. The van der Waals surface area contributed by atoms with E-state index < -0.39 is 6.04 Å². The van der Waals surface area contributed by atoms with Gasteiger partial charge < -0.3 is 24.4 Å². The molecule has 1 heterocycles. The molecule has 7 heteroatoms. The molecule has 0 unspecified atom stereocenters. The third-order valence-electron chi connectivity index (χ3n) is 5.41.